The Hall–Kier alpha value is -2.62. The third kappa shape index (κ3) is 5.26. The van der Waals surface area contributed by atoms with Crippen LogP contribution >= 0.6 is 0 Å². The van der Waals surface area contributed by atoms with Crippen molar-refractivity contribution < 1.29 is 18.4 Å². The third-order valence-electron chi connectivity index (χ3n) is 5.35. The summed E-state index contributed by atoms with van der Waals surface area (Å²) in [7, 11) is 0. The van der Waals surface area contributed by atoms with Crippen LogP contribution in [0.2, 0.25) is 0 Å². The smallest absolute Gasteiger partial charge is 0.163 e. The summed E-state index contributed by atoms with van der Waals surface area (Å²) in [6.07, 6.45) is 7.18. The minimum absolute atomic E-state index is 0.166. The fourth-order valence-electron chi connectivity index (χ4n) is 3.39. The molecule has 0 unspecified atom stereocenters. The van der Waals surface area contributed by atoms with Crippen LogP contribution in [0, 0.1) is 24.5 Å². The van der Waals surface area contributed by atoms with Crippen LogP contribution in [0.1, 0.15) is 58.6 Å². The van der Waals surface area contributed by atoms with Gasteiger partial charge in [0.25, 0.3) is 0 Å². The lowest BCUT2D eigenvalue weighted by molar-refractivity contribution is -0.119. The molecule has 154 valence electrons. The van der Waals surface area contributed by atoms with Crippen LogP contribution in [0.5, 0.6) is 0 Å². The number of allylic oxidation sites excluding steroid dienone is 8. The summed E-state index contributed by atoms with van der Waals surface area (Å²) < 4.78 is 28.8. The quantitative estimate of drug-likeness (QED) is 0.229. The van der Waals surface area contributed by atoms with Gasteiger partial charge in [-0.1, -0.05) is 12.2 Å². The fraction of sp³-hybridized carbons (Fsp3) is 0.360. The number of halogens is 2. The first-order valence-electron chi connectivity index (χ1n) is 9.82. The van der Waals surface area contributed by atoms with Crippen molar-refractivity contribution in [3.05, 3.63) is 75.4 Å². The number of carbonyl (C=O) groups excluding carboxylic acids is 2. The first kappa shape index (κ1) is 22.7. The second-order valence-corrected chi connectivity index (χ2v) is 7.64. The molecular weight excluding hydrogens is 370 g/mol. The van der Waals surface area contributed by atoms with Gasteiger partial charge in [0, 0.05) is 5.56 Å². The van der Waals surface area contributed by atoms with E-state index in [0.29, 0.717) is 5.57 Å². The molecule has 0 saturated heterocycles. The van der Waals surface area contributed by atoms with Gasteiger partial charge in [-0.25, -0.2) is 8.78 Å². The van der Waals surface area contributed by atoms with Crippen LogP contribution in [-0.2, 0) is 9.59 Å². The van der Waals surface area contributed by atoms with E-state index in [1.54, 1.807) is 18.2 Å². The van der Waals surface area contributed by atoms with Gasteiger partial charge in [-0.2, -0.15) is 0 Å². The van der Waals surface area contributed by atoms with E-state index in [4.69, 9.17) is 0 Å². The fourth-order valence-corrected chi connectivity index (χ4v) is 3.39. The maximum Gasteiger partial charge on any atom is 0.163 e. The van der Waals surface area contributed by atoms with Crippen LogP contribution in [0.4, 0.5) is 8.78 Å². The minimum Gasteiger partial charge on any atom is -0.294 e. The maximum atomic E-state index is 14.7. The second-order valence-electron chi connectivity index (χ2n) is 7.64. The Morgan fingerprint density at radius 2 is 1.55 bits per heavy atom. The lowest BCUT2D eigenvalue weighted by atomic mass is 9.89. The SMILES string of the molecule is C\C=C/C(=C(C)\C(C)=C(\C=C(C(C)=O)C(C)=O)C1CC1)c1cc(F)c(C)cc1F. The van der Waals surface area contributed by atoms with E-state index in [2.05, 4.69) is 0 Å². The summed E-state index contributed by atoms with van der Waals surface area (Å²) in [6.45, 7) is 9.87. The van der Waals surface area contributed by atoms with Gasteiger partial charge in [-0.3, -0.25) is 9.59 Å². The first-order chi connectivity index (χ1) is 13.6. The molecule has 0 bridgehead atoms. The Labute approximate surface area is 171 Å². The van der Waals surface area contributed by atoms with Gasteiger partial charge in [0.05, 0.1) is 5.57 Å². The number of aryl methyl sites for hydroxylation is 1. The zero-order chi connectivity index (χ0) is 21.9. The number of carbonyl (C=O) groups is 2. The molecule has 4 heteroatoms. The first-order valence-corrected chi connectivity index (χ1v) is 9.82. The Morgan fingerprint density at radius 3 is 2.03 bits per heavy atom. The molecule has 0 aliphatic heterocycles. The molecule has 2 nitrogen and oxygen atoms in total. The Morgan fingerprint density at radius 1 is 0.966 bits per heavy atom. The van der Waals surface area contributed by atoms with Crippen LogP contribution in [-0.4, -0.2) is 11.6 Å². The highest BCUT2D eigenvalue weighted by Gasteiger charge is 2.28. The zero-order valence-corrected chi connectivity index (χ0v) is 18.0. The van der Waals surface area contributed by atoms with Gasteiger partial charge < -0.3 is 0 Å². The van der Waals surface area contributed by atoms with Crippen LogP contribution < -0.4 is 0 Å². The summed E-state index contributed by atoms with van der Waals surface area (Å²) >= 11 is 0. The van der Waals surface area contributed by atoms with E-state index in [1.165, 1.54) is 32.9 Å². The molecular formula is C25H28F2O2. The molecule has 0 aromatic heterocycles. The molecule has 0 N–H and O–H groups in total. The molecule has 0 amide bonds. The van der Waals surface area contributed by atoms with Crippen molar-refractivity contribution in [3.63, 3.8) is 0 Å². The summed E-state index contributed by atoms with van der Waals surface area (Å²) in [4.78, 5) is 23.8. The molecule has 0 atom stereocenters. The Balaban J connectivity index is 2.75. The van der Waals surface area contributed by atoms with Crippen LogP contribution in [0.3, 0.4) is 0 Å². The van der Waals surface area contributed by atoms with Gasteiger partial charge in [0.15, 0.2) is 11.6 Å². The third-order valence-corrected chi connectivity index (χ3v) is 5.35. The van der Waals surface area contributed by atoms with Crippen molar-refractivity contribution in [2.24, 2.45) is 5.92 Å². The Kier molecular flexibility index (Phi) is 7.23. The molecule has 1 aliphatic carbocycles. The van der Waals surface area contributed by atoms with E-state index < -0.39 is 11.6 Å². The summed E-state index contributed by atoms with van der Waals surface area (Å²) in [6, 6.07) is 2.42. The average molecular weight is 398 g/mol. The van der Waals surface area contributed by atoms with E-state index >= 15 is 0 Å². The van der Waals surface area contributed by atoms with Gasteiger partial charge in [0.2, 0.25) is 0 Å². The lowest BCUT2D eigenvalue weighted by Crippen LogP contribution is -2.07. The lowest BCUT2D eigenvalue weighted by Gasteiger charge is -2.15. The molecule has 29 heavy (non-hydrogen) atoms. The molecule has 0 heterocycles. The summed E-state index contributed by atoms with van der Waals surface area (Å²) in [5.74, 6) is -1.22. The highest BCUT2D eigenvalue weighted by atomic mass is 19.1. The van der Waals surface area contributed by atoms with Crippen LogP contribution in [0.25, 0.3) is 5.57 Å². The normalized spacial score (nSPS) is 15.7. The van der Waals surface area contributed by atoms with Gasteiger partial charge in [0.1, 0.15) is 11.6 Å². The molecule has 0 spiro atoms. The van der Waals surface area contributed by atoms with Crippen LogP contribution in [0.15, 0.2) is 52.7 Å². The van der Waals surface area contributed by atoms with Gasteiger partial charge in [-0.05, 0) is 106 Å². The Bertz CT molecular complexity index is 955. The molecule has 1 saturated carbocycles. The summed E-state index contributed by atoms with van der Waals surface area (Å²) in [5, 5.41) is 0. The highest BCUT2D eigenvalue weighted by molar-refractivity contribution is 6.18. The van der Waals surface area contributed by atoms with E-state index in [-0.39, 0.29) is 34.2 Å². The van der Waals surface area contributed by atoms with E-state index in [1.807, 2.05) is 20.8 Å². The highest BCUT2D eigenvalue weighted by Crippen LogP contribution is 2.42. The van der Waals surface area contributed by atoms with Crippen molar-refractivity contribution in [2.75, 3.05) is 0 Å². The topological polar surface area (TPSA) is 34.1 Å². The number of ketones is 2. The maximum absolute atomic E-state index is 14.7. The number of rotatable bonds is 7. The van der Waals surface area contributed by atoms with Crippen molar-refractivity contribution in [2.45, 2.75) is 54.4 Å². The number of hydrogen-bond acceptors (Lipinski definition) is 2. The monoisotopic (exact) mass is 398 g/mol. The van der Waals surface area contributed by atoms with E-state index in [9.17, 15) is 18.4 Å². The second kappa shape index (κ2) is 9.25. The predicted octanol–water partition coefficient (Wildman–Crippen LogP) is 6.45. The number of benzene rings is 1. The van der Waals surface area contributed by atoms with Gasteiger partial charge in [-0.15, -0.1) is 0 Å². The summed E-state index contributed by atoms with van der Waals surface area (Å²) in [5.41, 5.74) is 3.78. The minimum atomic E-state index is -0.485. The molecule has 1 aliphatic rings. The van der Waals surface area contributed by atoms with Crippen molar-refractivity contribution in [1.29, 1.82) is 0 Å². The zero-order valence-electron chi connectivity index (χ0n) is 18.0. The van der Waals surface area contributed by atoms with Gasteiger partial charge >= 0.3 is 0 Å². The number of Topliss-reactive ketones (excluding diaryl/α,β-unsaturated/α-hetero) is 2. The van der Waals surface area contributed by atoms with E-state index in [0.717, 1.165) is 29.6 Å². The van der Waals surface area contributed by atoms with Crippen molar-refractivity contribution in [3.8, 4) is 0 Å². The molecule has 0 radical (unpaired) electrons. The molecule has 1 aromatic rings. The van der Waals surface area contributed by atoms with Crippen molar-refractivity contribution in [1.82, 2.24) is 0 Å². The largest absolute Gasteiger partial charge is 0.294 e. The molecule has 1 fully saturated rings. The molecule has 1 aromatic carbocycles. The average Bonchev–Trinajstić information content (AvgIpc) is 3.47. The standard InChI is InChI=1S/C25H28F2O2/c1-7-8-20(23-13-24(26)14(2)11-25(23)27)15(3)16(4)21(19-9-10-19)12-22(17(5)28)18(6)29/h7-8,11-13,19H,9-10H2,1-6H3/b8-7-,20-15+,21-16-. The predicted molar refractivity (Wildman–Crippen MR) is 113 cm³/mol. The number of hydrogen-bond donors (Lipinski definition) is 0. The molecule has 2 rings (SSSR count). The van der Waals surface area contributed by atoms with Crippen molar-refractivity contribution >= 4 is 17.1 Å².